The van der Waals surface area contributed by atoms with Gasteiger partial charge >= 0.3 is 0 Å². The highest BCUT2D eigenvalue weighted by atomic mass is 32.1. The molecule has 4 rings (SSSR count). The molecule has 1 saturated heterocycles. The topological polar surface area (TPSA) is 64.9 Å². The molecule has 1 amide bonds. The van der Waals surface area contributed by atoms with Crippen molar-refractivity contribution in [2.45, 2.75) is 25.4 Å². The van der Waals surface area contributed by atoms with Crippen LogP contribution in [0.4, 0.5) is 5.69 Å². The molecule has 7 heteroatoms. The van der Waals surface area contributed by atoms with E-state index in [1.165, 1.54) is 0 Å². The first-order chi connectivity index (χ1) is 12.3. The van der Waals surface area contributed by atoms with Gasteiger partial charge in [0, 0.05) is 36.1 Å². The van der Waals surface area contributed by atoms with Gasteiger partial charge in [0.1, 0.15) is 12.4 Å². The van der Waals surface area contributed by atoms with Crippen LogP contribution in [0.25, 0.3) is 4.96 Å². The Morgan fingerprint density at radius 3 is 3.28 bits per heavy atom. The van der Waals surface area contributed by atoms with E-state index >= 15 is 0 Å². The molecule has 1 N–H and O–H groups in total. The summed E-state index contributed by atoms with van der Waals surface area (Å²) in [6.07, 6.45) is 6.37. The number of imidazole rings is 1. The number of ether oxygens (including phenoxy) is 2. The normalized spacial score (nSPS) is 17.0. The number of nitrogens with one attached hydrogen (secondary N) is 1. The fraction of sp³-hybridized carbons (Fsp3) is 0.333. The van der Waals surface area contributed by atoms with Gasteiger partial charge in [-0.15, -0.1) is 11.3 Å². The minimum Gasteiger partial charge on any atom is -0.491 e. The summed E-state index contributed by atoms with van der Waals surface area (Å²) < 4.78 is 13.2. The fourth-order valence-corrected chi connectivity index (χ4v) is 3.58. The number of fused-ring (bicyclic) bond motifs is 1. The zero-order chi connectivity index (χ0) is 17.1. The zero-order valence-electron chi connectivity index (χ0n) is 13.7. The van der Waals surface area contributed by atoms with Crippen molar-refractivity contribution in [3.8, 4) is 5.75 Å². The molecular weight excluding hydrogens is 338 g/mol. The van der Waals surface area contributed by atoms with E-state index in [4.69, 9.17) is 9.47 Å². The van der Waals surface area contributed by atoms with Gasteiger partial charge in [0.25, 0.3) is 0 Å². The van der Waals surface area contributed by atoms with E-state index in [9.17, 15) is 4.79 Å². The number of benzene rings is 1. The summed E-state index contributed by atoms with van der Waals surface area (Å²) in [5, 5.41) is 4.87. The lowest BCUT2D eigenvalue weighted by molar-refractivity contribution is -0.115. The van der Waals surface area contributed by atoms with Crippen molar-refractivity contribution in [2.75, 3.05) is 18.5 Å². The van der Waals surface area contributed by atoms with E-state index in [1.54, 1.807) is 11.3 Å². The van der Waals surface area contributed by atoms with Crippen molar-refractivity contribution >= 4 is 27.9 Å². The Balaban J connectivity index is 1.33. The smallest absolute Gasteiger partial charge is 0.230 e. The maximum Gasteiger partial charge on any atom is 0.230 e. The quantitative estimate of drug-likeness (QED) is 0.736. The molecule has 0 unspecified atom stereocenters. The Morgan fingerprint density at radius 2 is 2.44 bits per heavy atom. The van der Waals surface area contributed by atoms with Crippen LogP contribution in [0.3, 0.4) is 0 Å². The Morgan fingerprint density at radius 1 is 1.48 bits per heavy atom. The number of carbonyl (C=O) groups excluding carboxylic acids is 1. The molecule has 130 valence electrons. The summed E-state index contributed by atoms with van der Waals surface area (Å²) in [5.41, 5.74) is 1.48. The Labute approximate surface area is 149 Å². The van der Waals surface area contributed by atoms with E-state index in [2.05, 4.69) is 10.3 Å². The molecule has 2 aromatic heterocycles. The summed E-state index contributed by atoms with van der Waals surface area (Å²) >= 11 is 1.55. The number of thiazole rings is 1. The lowest BCUT2D eigenvalue weighted by atomic mass is 10.2. The minimum absolute atomic E-state index is 0.0953. The molecule has 3 aromatic rings. The van der Waals surface area contributed by atoms with Crippen LogP contribution in [-0.4, -0.2) is 34.6 Å². The van der Waals surface area contributed by atoms with E-state index in [-0.39, 0.29) is 18.4 Å². The fourth-order valence-electron chi connectivity index (χ4n) is 2.86. The highest BCUT2D eigenvalue weighted by molar-refractivity contribution is 7.15. The molecule has 1 fully saturated rings. The van der Waals surface area contributed by atoms with Gasteiger partial charge in [0.15, 0.2) is 4.96 Å². The number of nitrogens with zero attached hydrogens (tertiary/aromatic N) is 2. The van der Waals surface area contributed by atoms with Gasteiger partial charge < -0.3 is 14.8 Å². The van der Waals surface area contributed by atoms with Crippen LogP contribution in [0.5, 0.6) is 5.75 Å². The second kappa shape index (κ2) is 7.25. The summed E-state index contributed by atoms with van der Waals surface area (Å²) in [5.74, 6) is 0.637. The molecule has 1 aliphatic rings. The Kier molecular flexibility index (Phi) is 4.67. The summed E-state index contributed by atoms with van der Waals surface area (Å²) in [4.78, 5) is 17.6. The van der Waals surface area contributed by atoms with Crippen molar-refractivity contribution < 1.29 is 14.3 Å². The van der Waals surface area contributed by atoms with Gasteiger partial charge in [0.2, 0.25) is 5.91 Å². The predicted molar refractivity (Wildman–Crippen MR) is 96.3 cm³/mol. The predicted octanol–water partition coefficient (Wildman–Crippen LogP) is 3.13. The van der Waals surface area contributed by atoms with E-state index in [0.717, 1.165) is 41.5 Å². The third-order valence-electron chi connectivity index (χ3n) is 4.06. The molecular formula is C18H19N3O3S. The number of hydrogen-bond donors (Lipinski definition) is 1. The first-order valence-electron chi connectivity index (χ1n) is 8.32. The largest absolute Gasteiger partial charge is 0.491 e. The van der Waals surface area contributed by atoms with Crippen molar-refractivity contribution in [3.63, 3.8) is 0 Å². The molecule has 6 nitrogen and oxygen atoms in total. The van der Waals surface area contributed by atoms with Gasteiger partial charge in [-0.3, -0.25) is 9.20 Å². The van der Waals surface area contributed by atoms with Crippen LogP contribution in [0.2, 0.25) is 0 Å². The average molecular weight is 357 g/mol. The van der Waals surface area contributed by atoms with Crippen LogP contribution in [0.1, 0.15) is 18.5 Å². The van der Waals surface area contributed by atoms with E-state index < -0.39 is 0 Å². The van der Waals surface area contributed by atoms with Crippen molar-refractivity contribution in [1.29, 1.82) is 0 Å². The molecule has 3 heterocycles. The van der Waals surface area contributed by atoms with Gasteiger partial charge in [-0.25, -0.2) is 4.98 Å². The monoisotopic (exact) mass is 357 g/mol. The van der Waals surface area contributed by atoms with Crippen molar-refractivity contribution in [1.82, 2.24) is 9.38 Å². The third-order valence-corrected chi connectivity index (χ3v) is 4.83. The maximum absolute atomic E-state index is 12.2. The molecule has 0 bridgehead atoms. The molecule has 25 heavy (non-hydrogen) atoms. The van der Waals surface area contributed by atoms with Gasteiger partial charge in [-0.05, 0) is 25.0 Å². The van der Waals surface area contributed by atoms with Crippen LogP contribution in [-0.2, 0) is 16.0 Å². The molecule has 1 aromatic carbocycles. The first-order valence-corrected chi connectivity index (χ1v) is 9.19. The second-order valence-corrected chi connectivity index (χ2v) is 6.90. The molecule has 0 radical (unpaired) electrons. The Hall–Kier alpha value is -2.38. The van der Waals surface area contributed by atoms with Gasteiger partial charge in [-0.2, -0.15) is 0 Å². The van der Waals surface area contributed by atoms with E-state index in [0.29, 0.717) is 6.61 Å². The second-order valence-electron chi connectivity index (χ2n) is 6.02. The number of anilines is 1. The number of hydrogen-bond acceptors (Lipinski definition) is 5. The van der Waals surface area contributed by atoms with Gasteiger partial charge in [0.05, 0.1) is 18.2 Å². The Bertz CT molecular complexity index is 839. The van der Waals surface area contributed by atoms with Crippen molar-refractivity contribution in [2.24, 2.45) is 0 Å². The average Bonchev–Trinajstić information content (AvgIpc) is 3.30. The highest BCUT2D eigenvalue weighted by Crippen LogP contribution is 2.20. The first kappa shape index (κ1) is 16.1. The lowest BCUT2D eigenvalue weighted by Gasteiger charge is -2.12. The maximum atomic E-state index is 12.2. The van der Waals surface area contributed by atoms with Crippen LogP contribution >= 0.6 is 11.3 Å². The standard InChI is InChI=1S/C18H19N3O3S/c22-17(10-14-11-21-6-8-25-18(21)20-14)19-13-3-1-4-15(9-13)24-12-16-5-2-7-23-16/h1,3-4,6,8-9,11,16H,2,5,7,10,12H2,(H,19,22)/t16-/m0/s1. The number of amides is 1. The third kappa shape index (κ3) is 4.00. The van der Waals surface area contributed by atoms with Crippen LogP contribution in [0, 0.1) is 0 Å². The van der Waals surface area contributed by atoms with Crippen LogP contribution < -0.4 is 10.1 Å². The number of carbonyl (C=O) groups is 1. The summed E-state index contributed by atoms with van der Waals surface area (Å²) in [6, 6.07) is 7.43. The lowest BCUT2D eigenvalue weighted by Crippen LogP contribution is -2.17. The molecule has 0 spiro atoms. The number of aromatic nitrogens is 2. The molecule has 1 atom stereocenters. The van der Waals surface area contributed by atoms with Gasteiger partial charge in [-0.1, -0.05) is 6.07 Å². The molecule has 0 saturated carbocycles. The van der Waals surface area contributed by atoms with Crippen LogP contribution in [0.15, 0.2) is 42.0 Å². The highest BCUT2D eigenvalue weighted by Gasteiger charge is 2.16. The zero-order valence-corrected chi connectivity index (χ0v) is 14.5. The molecule has 1 aliphatic heterocycles. The summed E-state index contributed by atoms with van der Waals surface area (Å²) in [7, 11) is 0. The number of rotatable bonds is 6. The SMILES string of the molecule is O=C(Cc1cn2ccsc2n1)Nc1cccc(OC[C@@H]2CCCO2)c1. The van der Waals surface area contributed by atoms with E-state index in [1.807, 2.05) is 46.4 Å². The minimum atomic E-state index is -0.0953. The summed E-state index contributed by atoms with van der Waals surface area (Å²) in [6.45, 7) is 1.36. The van der Waals surface area contributed by atoms with Crippen molar-refractivity contribution in [3.05, 3.63) is 47.7 Å². The molecule has 0 aliphatic carbocycles.